The Labute approximate surface area is 90.3 Å². The van der Waals surface area contributed by atoms with Crippen LogP contribution < -0.4 is 4.72 Å². The van der Waals surface area contributed by atoms with Crippen molar-refractivity contribution in [2.75, 3.05) is 20.8 Å². The number of methoxy groups -OCH3 is 1. The third kappa shape index (κ3) is 3.02. The Bertz CT molecular complexity index is 414. The highest BCUT2D eigenvalue weighted by atomic mass is 32.2. The summed E-state index contributed by atoms with van der Waals surface area (Å²) in [5.74, 6) is 0. The Hall–Kier alpha value is -0.910. The monoisotopic (exact) mass is 229 g/mol. The lowest BCUT2D eigenvalue weighted by Crippen LogP contribution is -2.20. The Kier molecular flexibility index (Phi) is 4.26. The molecule has 0 aliphatic carbocycles. The van der Waals surface area contributed by atoms with Crippen molar-refractivity contribution in [3.8, 4) is 0 Å². The molecule has 0 amide bonds. The zero-order valence-corrected chi connectivity index (χ0v) is 9.67. The maximum Gasteiger partial charge on any atom is 0.240 e. The van der Waals surface area contributed by atoms with Crippen LogP contribution in [-0.4, -0.2) is 29.2 Å². The normalized spacial score (nSPS) is 11.6. The van der Waals surface area contributed by atoms with E-state index >= 15 is 0 Å². The second-order valence-corrected chi connectivity index (χ2v) is 4.91. The molecule has 0 spiro atoms. The molecule has 1 N–H and O–H groups in total. The van der Waals surface area contributed by atoms with Gasteiger partial charge in [0.25, 0.3) is 0 Å². The molecule has 0 bridgehead atoms. The summed E-state index contributed by atoms with van der Waals surface area (Å²) in [5.41, 5.74) is 0.772. The van der Waals surface area contributed by atoms with Crippen molar-refractivity contribution >= 4 is 10.0 Å². The molecule has 1 aromatic rings. The molecule has 0 heterocycles. The van der Waals surface area contributed by atoms with Gasteiger partial charge in [-0.05, 0) is 25.1 Å². The van der Waals surface area contributed by atoms with E-state index in [2.05, 4.69) is 4.72 Å². The molecule has 0 unspecified atom stereocenters. The topological polar surface area (TPSA) is 55.4 Å². The average Bonchev–Trinajstić information content (AvgIpc) is 2.26. The molecule has 1 rings (SSSR count). The first-order valence-electron chi connectivity index (χ1n) is 4.62. The molecule has 0 fully saturated rings. The van der Waals surface area contributed by atoms with Crippen LogP contribution in [0.4, 0.5) is 0 Å². The van der Waals surface area contributed by atoms with Crippen LogP contribution in [0.2, 0.25) is 0 Å². The molecule has 0 radical (unpaired) electrons. The predicted molar refractivity (Wildman–Crippen MR) is 58.3 cm³/mol. The van der Waals surface area contributed by atoms with E-state index in [-0.39, 0.29) is 0 Å². The molecule has 15 heavy (non-hydrogen) atoms. The van der Waals surface area contributed by atoms with Gasteiger partial charge in [-0.2, -0.15) is 0 Å². The van der Waals surface area contributed by atoms with Crippen molar-refractivity contribution in [1.82, 2.24) is 4.72 Å². The lowest BCUT2D eigenvalue weighted by atomic mass is 10.2. The molecule has 4 nitrogen and oxygen atoms in total. The van der Waals surface area contributed by atoms with Crippen LogP contribution >= 0.6 is 0 Å². The van der Waals surface area contributed by atoms with E-state index in [1.54, 1.807) is 25.3 Å². The van der Waals surface area contributed by atoms with Gasteiger partial charge in [-0.3, -0.25) is 0 Å². The quantitative estimate of drug-likeness (QED) is 0.812. The minimum Gasteiger partial charge on any atom is -0.384 e. The van der Waals surface area contributed by atoms with E-state index in [9.17, 15) is 8.42 Å². The molecule has 1 aromatic carbocycles. The van der Waals surface area contributed by atoms with Crippen molar-refractivity contribution in [1.29, 1.82) is 0 Å². The van der Waals surface area contributed by atoms with Crippen molar-refractivity contribution in [2.45, 2.75) is 11.3 Å². The van der Waals surface area contributed by atoms with Crippen LogP contribution in [0.25, 0.3) is 0 Å². The second kappa shape index (κ2) is 5.25. The van der Waals surface area contributed by atoms with E-state index in [4.69, 9.17) is 4.74 Å². The summed E-state index contributed by atoms with van der Waals surface area (Å²) < 4.78 is 30.5. The first kappa shape index (κ1) is 12.2. The molecule has 0 saturated heterocycles. The molecule has 84 valence electrons. The largest absolute Gasteiger partial charge is 0.384 e. The Balaban J connectivity index is 3.07. The van der Waals surface area contributed by atoms with Crippen LogP contribution in [0.1, 0.15) is 5.56 Å². The van der Waals surface area contributed by atoms with Crippen molar-refractivity contribution in [3.63, 3.8) is 0 Å². The number of rotatable bonds is 5. The van der Waals surface area contributed by atoms with Gasteiger partial charge in [0.15, 0.2) is 0 Å². The highest BCUT2D eigenvalue weighted by Gasteiger charge is 2.15. The van der Waals surface area contributed by atoms with Crippen LogP contribution in [-0.2, 0) is 21.2 Å². The molecular weight excluding hydrogens is 214 g/mol. The molecular formula is C10H15NO3S. The van der Waals surface area contributed by atoms with Gasteiger partial charge in [0.05, 0.1) is 11.5 Å². The van der Waals surface area contributed by atoms with Crippen molar-refractivity contribution in [2.24, 2.45) is 0 Å². The molecule has 5 heteroatoms. The van der Waals surface area contributed by atoms with Gasteiger partial charge in [-0.15, -0.1) is 0 Å². The SMILES string of the molecule is CNS(=O)(=O)c1ccccc1CCOC. The summed E-state index contributed by atoms with van der Waals surface area (Å²) in [4.78, 5) is 0.324. The number of hydrogen-bond donors (Lipinski definition) is 1. The zero-order chi connectivity index (χ0) is 11.3. The maximum atomic E-state index is 11.6. The standard InChI is InChI=1S/C10H15NO3S/c1-11-15(12,13)10-6-4-3-5-9(10)7-8-14-2/h3-6,11H,7-8H2,1-2H3. The maximum absolute atomic E-state index is 11.6. The fourth-order valence-corrected chi connectivity index (χ4v) is 2.29. The Morgan fingerprint density at radius 1 is 1.33 bits per heavy atom. The van der Waals surface area contributed by atoms with Gasteiger partial charge in [0.1, 0.15) is 0 Å². The van der Waals surface area contributed by atoms with Gasteiger partial charge < -0.3 is 4.74 Å². The average molecular weight is 229 g/mol. The van der Waals surface area contributed by atoms with Gasteiger partial charge >= 0.3 is 0 Å². The fourth-order valence-electron chi connectivity index (χ4n) is 1.29. The smallest absolute Gasteiger partial charge is 0.240 e. The highest BCUT2D eigenvalue weighted by Crippen LogP contribution is 2.15. The summed E-state index contributed by atoms with van der Waals surface area (Å²) in [7, 11) is -0.367. The summed E-state index contributed by atoms with van der Waals surface area (Å²) in [6.07, 6.45) is 0.591. The minimum atomic E-state index is -3.36. The first-order chi connectivity index (χ1) is 7.11. The van der Waals surface area contributed by atoms with Crippen LogP contribution in [0.3, 0.4) is 0 Å². The van der Waals surface area contributed by atoms with Crippen molar-refractivity contribution < 1.29 is 13.2 Å². The molecule has 0 saturated carbocycles. The Morgan fingerprint density at radius 3 is 2.60 bits per heavy atom. The number of ether oxygens (including phenoxy) is 1. The molecule has 0 aromatic heterocycles. The zero-order valence-electron chi connectivity index (χ0n) is 8.86. The van der Waals surface area contributed by atoms with E-state index in [0.29, 0.717) is 17.9 Å². The molecule has 0 aliphatic heterocycles. The van der Waals surface area contributed by atoms with Gasteiger partial charge in [0, 0.05) is 7.11 Å². The third-order valence-electron chi connectivity index (χ3n) is 2.11. The van der Waals surface area contributed by atoms with Gasteiger partial charge in [0.2, 0.25) is 10.0 Å². The van der Waals surface area contributed by atoms with Gasteiger partial charge in [-0.1, -0.05) is 18.2 Å². The number of sulfonamides is 1. The first-order valence-corrected chi connectivity index (χ1v) is 6.10. The van der Waals surface area contributed by atoms with E-state index in [1.165, 1.54) is 7.05 Å². The molecule has 0 atom stereocenters. The van der Waals surface area contributed by atoms with E-state index < -0.39 is 10.0 Å². The second-order valence-electron chi connectivity index (χ2n) is 3.06. The van der Waals surface area contributed by atoms with Crippen molar-refractivity contribution in [3.05, 3.63) is 29.8 Å². The van der Waals surface area contributed by atoms with Gasteiger partial charge in [-0.25, -0.2) is 13.1 Å². The summed E-state index contributed by atoms with van der Waals surface area (Å²) >= 11 is 0. The number of hydrogen-bond acceptors (Lipinski definition) is 3. The van der Waals surface area contributed by atoms with Crippen LogP contribution in [0.5, 0.6) is 0 Å². The Morgan fingerprint density at radius 2 is 2.00 bits per heavy atom. The van der Waals surface area contributed by atoms with E-state index in [0.717, 1.165) is 5.56 Å². The number of nitrogens with one attached hydrogen (secondary N) is 1. The highest BCUT2D eigenvalue weighted by molar-refractivity contribution is 7.89. The predicted octanol–water partition coefficient (Wildman–Crippen LogP) is 0.784. The van der Waals surface area contributed by atoms with E-state index in [1.807, 2.05) is 6.07 Å². The summed E-state index contributed by atoms with van der Waals surface area (Å²) in [6, 6.07) is 6.92. The fraction of sp³-hybridized carbons (Fsp3) is 0.400. The number of benzene rings is 1. The minimum absolute atomic E-state index is 0.324. The van der Waals surface area contributed by atoms with Crippen LogP contribution in [0.15, 0.2) is 29.2 Å². The lowest BCUT2D eigenvalue weighted by molar-refractivity contribution is 0.202. The summed E-state index contributed by atoms with van der Waals surface area (Å²) in [6.45, 7) is 0.510. The lowest BCUT2D eigenvalue weighted by Gasteiger charge is -2.08. The third-order valence-corrected chi connectivity index (χ3v) is 3.62. The molecule has 0 aliphatic rings. The van der Waals surface area contributed by atoms with Crippen LogP contribution in [0, 0.1) is 0 Å². The summed E-state index contributed by atoms with van der Waals surface area (Å²) in [5, 5.41) is 0.